The van der Waals surface area contributed by atoms with Crippen molar-refractivity contribution >= 4 is 34.1 Å². The number of carbonyl (C=O) groups is 1. The van der Waals surface area contributed by atoms with E-state index in [1.54, 1.807) is 0 Å². The molecule has 1 aliphatic carbocycles. The summed E-state index contributed by atoms with van der Waals surface area (Å²) in [6, 6.07) is 3.28. The number of halogens is 1. The number of nitrogens with one attached hydrogen (secondary N) is 1. The first-order chi connectivity index (χ1) is 16.5. The topological polar surface area (TPSA) is 117 Å². The average molecular weight is 481 g/mol. The van der Waals surface area contributed by atoms with Gasteiger partial charge < -0.3 is 14.2 Å². The summed E-state index contributed by atoms with van der Waals surface area (Å²) in [4.78, 5) is 32.4. The number of nitrogens with zero attached hydrogens (tertiary/aromatic N) is 5. The van der Waals surface area contributed by atoms with E-state index in [1.165, 1.54) is 19.5 Å². The van der Waals surface area contributed by atoms with Crippen LogP contribution in [0.25, 0.3) is 10.9 Å². The molecule has 11 heteroatoms. The number of aromatic nitrogens is 4. The molecule has 3 aliphatic rings. The number of pyridine rings is 1. The van der Waals surface area contributed by atoms with E-state index in [2.05, 4.69) is 15.2 Å². The molecule has 2 aromatic heterocycles. The number of ether oxygens (including phenoxy) is 1. The van der Waals surface area contributed by atoms with E-state index in [1.807, 2.05) is 15.5 Å². The Morgan fingerprint density at radius 1 is 1.32 bits per heavy atom. The first kappa shape index (κ1) is 21.2. The smallest absolute Gasteiger partial charge is 0.201 e. The fourth-order valence-electron chi connectivity index (χ4n) is 5.17. The van der Waals surface area contributed by atoms with Gasteiger partial charge in [-0.2, -0.15) is 10.4 Å². The Morgan fingerprint density at radius 3 is 2.82 bits per heavy atom. The van der Waals surface area contributed by atoms with Crippen LogP contribution in [0.2, 0.25) is 0 Å². The second kappa shape index (κ2) is 7.84. The number of hydrogen-bond acceptors (Lipinski definition) is 8. The van der Waals surface area contributed by atoms with Crippen molar-refractivity contribution in [3.8, 4) is 11.8 Å². The highest BCUT2D eigenvalue weighted by atomic mass is 32.2. The summed E-state index contributed by atoms with van der Waals surface area (Å²) in [5, 5.41) is 15.9. The number of ketones is 1. The molecule has 0 amide bonds. The SMILES string of the molecule is COc1c(N2CCCC(c3ncn[nH]3)C2)c(F)cc2c(=O)c3c(n(C4CC4)c12)SC(C#N)C3=O. The molecule has 2 unspecified atom stereocenters. The third-order valence-electron chi connectivity index (χ3n) is 6.83. The Labute approximate surface area is 197 Å². The van der Waals surface area contributed by atoms with Crippen LogP contribution in [-0.2, 0) is 0 Å². The van der Waals surface area contributed by atoms with Gasteiger partial charge in [0.1, 0.15) is 17.8 Å². The highest BCUT2D eigenvalue weighted by molar-refractivity contribution is 8.01. The standard InChI is InChI=1S/C23H21FN6O3S/c1-33-21-17-13(19(31)16-20(32)15(8-25)34-23(16)30(17)12-4-5-12)7-14(24)18(21)29-6-2-3-11(9-29)22-26-10-27-28-22/h7,10-12,15H,2-6,9H2,1H3,(H,26,27,28). The zero-order valence-electron chi connectivity index (χ0n) is 18.4. The maximum absolute atomic E-state index is 15.7. The quantitative estimate of drug-likeness (QED) is 0.605. The van der Waals surface area contributed by atoms with E-state index >= 15 is 4.39 Å². The van der Waals surface area contributed by atoms with Crippen molar-refractivity contribution < 1.29 is 13.9 Å². The molecule has 9 nitrogen and oxygen atoms in total. The second-order valence-electron chi connectivity index (χ2n) is 8.89. The molecule has 1 N–H and O–H groups in total. The fourth-order valence-corrected chi connectivity index (χ4v) is 6.34. The van der Waals surface area contributed by atoms with E-state index in [9.17, 15) is 14.9 Å². The lowest BCUT2D eigenvalue weighted by atomic mass is 9.96. The monoisotopic (exact) mass is 480 g/mol. The van der Waals surface area contributed by atoms with E-state index in [-0.39, 0.29) is 28.7 Å². The zero-order chi connectivity index (χ0) is 23.6. The molecule has 1 aromatic carbocycles. The van der Waals surface area contributed by atoms with Gasteiger partial charge in [-0.05, 0) is 31.7 Å². The number of fused-ring (bicyclic) bond motifs is 2. The van der Waals surface area contributed by atoms with E-state index < -0.39 is 22.3 Å². The minimum atomic E-state index is -0.968. The van der Waals surface area contributed by atoms with E-state index in [4.69, 9.17) is 4.74 Å². The second-order valence-corrected chi connectivity index (χ2v) is 9.99. The number of benzene rings is 1. The van der Waals surface area contributed by atoms with Crippen LogP contribution >= 0.6 is 11.8 Å². The molecule has 2 atom stereocenters. The molecule has 1 saturated carbocycles. The number of hydrogen-bond donors (Lipinski definition) is 1. The van der Waals surface area contributed by atoms with Crippen LogP contribution in [-0.4, -0.2) is 51.0 Å². The number of thioether (sulfide) groups is 1. The molecule has 2 aliphatic heterocycles. The average Bonchev–Trinajstić information content (AvgIpc) is 3.41. The van der Waals surface area contributed by atoms with Crippen molar-refractivity contribution in [3.05, 3.63) is 39.8 Å². The summed E-state index contributed by atoms with van der Waals surface area (Å²) in [5.74, 6) is 0.0323. The van der Waals surface area contributed by atoms with Crippen LogP contribution in [0.4, 0.5) is 10.1 Å². The summed E-state index contributed by atoms with van der Waals surface area (Å²) >= 11 is 1.10. The molecule has 0 radical (unpaired) electrons. The lowest BCUT2D eigenvalue weighted by Gasteiger charge is -2.35. The lowest BCUT2D eigenvalue weighted by Crippen LogP contribution is -2.36. The van der Waals surface area contributed by atoms with Gasteiger partial charge in [0.25, 0.3) is 0 Å². The van der Waals surface area contributed by atoms with Gasteiger partial charge in [0.15, 0.2) is 22.6 Å². The van der Waals surface area contributed by atoms with E-state index in [0.29, 0.717) is 29.3 Å². The minimum absolute atomic E-state index is 0.00601. The van der Waals surface area contributed by atoms with Gasteiger partial charge in [0.2, 0.25) is 5.43 Å². The van der Waals surface area contributed by atoms with Crippen LogP contribution in [0.15, 0.2) is 22.2 Å². The largest absolute Gasteiger partial charge is 0.492 e. The van der Waals surface area contributed by atoms with Crippen LogP contribution in [0.1, 0.15) is 53.8 Å². The molecule has 6 rings (SSSR count). The number of nitriles is 1. The highest BCUT2D eigenvalue weighted by Gasteiger charge is 2.42. The van der Waals surface area contributed by atoms with Gasteiger partial charge in [-0.3, -0.25) is 14.7 Å². The van der Waals surface area contributed by atoms with Gasteiger partial charge in [-0.15, -0.1) is 0 Å². The Hall–Kier alpha value is -3.39. The normalized spacial score (nSPS) is 22.1. The predicted molar refractivity (Wildman–Crippen MR) is 123 cm³/mol. The van der Waals surface area contributed by atoms with Gasteiger partial charge in [0, 0.05) is 25.0 Å². The van der Waals surface area contributed by atoms with Crippen LogP contribution in [0.3, 0.4) is 0 Å². The first-order valence-electron chi connectivity index (χ1n) is 11.2. The first-order valence-corrected chi connectivity index (χ1v) is 12.1. The van der Waals surface area contributed by atoms with Crippen molar-refractivity contribution in [2.75, 3.05) is 25.1 Å². The Bertz CT molecular complexity index is 1430. The summed E-state index contributed by atoms with van der Waals surface area (Å²) in [6.07, 6.45) is 4.96. The van der Waals surface area contributed by atoms with Crippen molar-refractivity contribution in [3.63, 3.8) is 0 Å². The lowest BCUT2D eigenvalue weighted by molar-refractivity contribution is 0.100. The molecule has 3 aromatic rings. The number of rotatable bonds is 4. The van der Waals surface area contributed by atoms with E-state index in [0.717, 1.165) is 43.3 Å². The maximum Gasteiger partial charge on any atom is 0.201 e. The number of piperidine rings is 1. The van der Waals surface area contributed by atoms with Crippen molar-refractivity contribution in [1.29, 1.82) is 5.26 Å². The Balaban J connectivity index is 1.58. The van der Waals surface area contributed by atoms with Crippen molar-refractivity contribution in [2.45, 2.75) is 47.9 Å². The van der Waals surface area contributed by atoms with Gasteiger partial charge >= 0.3 is 0 Å². The van der Waals surface area contributed by atoms with Gasteiger partial charge in [0.05, 0.1) is 34.7 Å². The summed E-state index contributed by atoms with van der Waals surface area (Å²) in [5.41, 5.74) is 0.248. The molecular weight excluding hydrogens is 459 g/mol. The predicted octanol–water partition coefficient (Wildman–Crippen LogP) is 3.17. The number of aromatic amines is 1. The van der Waals surface area contributed by atoms with Gasteiger partial charge in [-0.25, -0.2) is 9.37 Å². The Kier molecular flexibility index (Phi) is 4.88. The fraction of sp³-hybridized carbons (Fsp3) is 0.435. The number of anilines is 1. The van der Waals surface area contributed by atoms with Crippen LogP contribution in [0.5, 0.6) is 5.75 Å². The molecule has 0 bridgehead atoms. The molecule has 174 valence electrons. The third-order valence-corrected chi connectivity index (χ3v) is 8.01. The van der Waals surface area contributed by atoms with Crippen molar-refractivity contribution in [2.24, 2.45) is 0 Å². The molecule has 0 spiro atoms. The third kappa shape index (κ3) is 3.05. The maximum atomic E-state index is 15.7. The molecule has 34 heavy (non-hydrogen) atoms. The zero-order valence-corrected chi connectivity index (χ0v) is 19.2. The van der Waals surface area contributed by atoms with Crippen molar-refractivity contribution in [1.82, 2.24) is 19.7 Å². The molecule has 2 fully saturated rings. The molecular formula is C23H21FN6O3S. The Morgan fingerprint density at radius 2 is 2.15 bits per heavy atom. The summed E-state index contributed by atoms with van der Waals surface area (Å²) in [7, 11) is 1.47. The number of Topliss-reactive ketones (excluding diaryl/α,β-unsaturated/α-hetero) is 1. The highest BCUT2D eigenvalue weighted by Crippen LogP contribution is 2.49. The van der Waals surface area contributed by atoms with Crippen LogP contribution in [0, 0.1) is 17.1 Å². The van der Waals surface area contributed by atoms with Crippen LogP contribution < -0.4 is 15.1 Å². The summed E-state index contributed by atoms with van der Waals surface area (Å²) in [6.45, 7) is 1.15. The molecule has 1 saturated heterocycles. The number of H-pyrrole nitrogens is 1. The van der Waals surface area contributed by atoms with Gasteiger partial charge in [-0.1, -0.05) is 11.8 Å². The summed E-state index contributed by atoms with van der Waals surface area (Å²) < 4.78 is 23.4. The number of methoxy groups -OCH3 is 1. The minimum Gasteiger partial charge on any atom is -0.492 e. The molecule has 4 heterocycles. The number of carbonyl (C=O) groups excluding carboxylic acids is 1.